The molecule has 40 heavy (non-hydrogen) atoms. The zero-order valence-electron chi connectivity index (χ0n) is 25.1. The van der Waals surface area contributed by atoms with Gasteiger partial charge in [-0.2, -0.15) is 0 Å². The number of imidazole rings is 1. The monoisotopic (exact) mass is 583 g/mol. The van der Waals surface area contributed by atoms with Crippen LogP contribution in [0.4, 0.5) is 5.69 Å². The lowest BCUT2D eigenvalue weighted by Crippen LogP contribution is -2.36. The lowest BCUT2D eigenvalue weighted by Gasteiger charge is -2.28. The Balaban J connectivity index is 1.90. The molecular weight excluding hydrogens is 542 g/mol. The molecule has 216 valence electrons. The van der Waals surface area contributed by atoms with Gasteiger partial charge in [-0.3, -0.25) is 9.59 Å². The SMILES string of the molecule is Cc1cc(Cl)ccc1NC(=O)c1nc(-c2ccc(SC(C)(C)C(=O)OC(C)(C)C)cc2)n(CCCC(C)C)c1C. The minimum Gasteiger partial charge on any atom is -0.459 e. The summed E-state index contributed by atoms with van der Waals surface area (Å²) in [6.07, 6.45) is 2.06. The summed E-state index contributed by atoms with van der Waals surface area (Å²) in [6, 6.07) is 13.4. The number of thioether (sulfide) groups is 1. The average molecular weight is 584 g/mol. The minimum atomic E-state index is -0.744. The van der Waals surface area contributed by atoms with Crippen LogP contribution in [0.2, 0.25) is 5.02 Å². The highest BCUT2D eigenvalue weighted by molar-refractivity contribution is 8.01. The number of anilines is 1. The van der Waals surface area contributed by atoms with Crippen LogP contribution in [-0.4, -0.2) is 31.8 Å². The summed E-state index contributed by atoms with van der Waals surface area (Å²) in [5, 5.41) is 3.63. The molecule has 1 N–H and O–H groups in total. The first kappa shape index (κ1) is 31.8. The van der Waals surface area contributed by atoms with E-state index in [1.54, 1.807) is 12.1 Å². The molecule has 3 aromatic rings. The van der Waals surface area contributed by atoms with E-state index >= 15 is 0 Å². The number of esters is 1. The molecule has 0 aliphatic carbocycles. The molecule has 0 spiro atoms. The molecule has 1 heterocycles. The normalized spacial score (nSPS) is 12.1. The maximum Gasteiger partial charge on any atom is 0.322 e. The van der Waals surface area contributed by atoms with Crippen molar-refractivity contribution in [2.24, 2.45) is 5.92 Å². The number of carbonyl (C=O) groups excluding carboxylic acids is 2. The fourth-order valence-corrected chi connectivity index (χ4v) is 5.47. The van der Waals surface area contributed by atoms with E-state index in [2.05, 4.69) is 23.7 Å². The number of nitrogens with zero attached hydrogens (tertiary/aromatic N) is 2. The first-order valence-corrected chi connectivity index (χ1v) is 14.9. The fraction of sp³-hybridized carbons (Fsp3) is 0.469. The Morgan fingerprint density at radius 1 is 1.05 bits per heavy atom. The number of nitrogens with one attached hydrogen (secondary N) is 1. The highest BCUT2D eigenvalue weighted by Crippen LogP contribution is 2.36. The minimum absolute atomic E-state index is 0.252. The van der Waals surface area contributed by atoms with Crippen LogP contribution in [0.25, 0.3) is 11.4 Å². The highest BCUT2D eigenvalue weighted by Gasteiger charge is 2.33. The average Bonchev–Trinajstić information content (AvgIpc) is 3.16. The van der Waals surface area contributed by atoms with Crippen molar-refractivity contribution < 1.29 is 14.3 Å². The van der Waals surface area contributed by atoms with Gasteiger partial charge in [0.05, 0.1) is 0 Å². The van der Waals surface area contributed by atoms with Crippen LogP contribution in [0.3, 0.4) is 0 Å². The second-order valence-corrected chi connectivity index (χ2v) is 14.2. The molecule has 0 saturated heterocycles. The van der Waals surface area contributed by atoms with Gasteiger partial charge in [-0.05, 0) is 103 Å². The van der Waals surface area contributed by atoms with E-state index < -0.39 is 10.3 Å². The predicted molar refractivity (Wildman–Crippen MR) is 166 cm³/mol. The van der Waals surface area contributed by atoms with E-state index in [9.17, 15) is 9.59 Å². The van der Waals surface area contributed by atoms with Crippen molar-refractivity contribution in [2.75, 3.05) is 5.32 Å². The third-order valence-corrected chi connectivity index (χ3v) is 7.83. The van der Waals surface area contributed by atoms with Gasteiger partial charge in [-0.1, -0.05) is 37.6 Å². The zero-order chi connectivity index (χ0) is 29.8. The van der Waals surface area contributed by atoms with Gasteiger partial charge in [0.1, 0.15) is 21.9 Å². The van der Waals surface area contributed by atoms with Crippen LogP contribution in [0.5, 0.6) is 0 Å². The number of hydrogen-bond acceptors (Lipinski definition) is 5. The number of aryl methyl sites for hydroxylation is 1. The van der Waals surface area contributed by atoms with E-state index in [-0.39, 0.29) is 11.9 Å². The Hall–Kier alpha value is -2.77. The van der Waals surface area contributed by atoms with E-state index in [0.717, 1.165) is 46.9 Å². The van der Waals surface area contributed by atoms with Gasteiger partial charge >= 0.3 is 5.97 Å². The molecule has 8 heteroatoms. The molecule has 1 aromatic heterocycles. The Bertz CT molecular complexity index is 1350. The largest absolute Gasteiger partial charge is 0.459 e. The van der Waals surface area contributed by atoms with Crippen LogP contribution < -0.4 is 5.32 Å². The van der Waals surface area contributed by atoms with Crippen LogP contribution in [0, 0.1) is 19.8 Å². The molecule has 0 atom stereocenters. The van der Waals surface area contributed by atoms with Gasteiger partial charge in [0.2, 0.25) is 0 Å². The Labute approximate surface area is 248 Å². The number of amides is 1. The molecule has 0 radical (unpaired) electrons. The summed E-state index contributed by atoms with van der Waals surface area (Å²) in [6.45, 7) is 18.4. The molecule has 0 unspecified atom stereocenters. The number of hydrogen-bond donors (Lipinski definition) is 1. The van der Waals surface area contributed by atoms with Crippen molar-refractivity contribution in [3.05, 3.63) is 64.4 Å². The van der Waals surface area contributed by atoms with Crippen LogP contribution in [0.1, 0.15) is 83.1 Å². The first-order chi connectivity index (χ1) is 18.6. The molecule has 1 amide bonds. The highest BCUT2D eigenvalue weighted by atomic mass is 35.5. The van der Waals surface area contributed by atoms with Gasteiger partial charge in [0, 0.05) is 33.4 Å². The lowest BCUT2D eigenvalue weighted by atomic mass is 10.1. The maximum absolute atomic E-state index is 13.4. The van der Waals surface area contributed by atoms with E-state index in [1.165, 1.54) is 11.8 Å². The maximum atomic E-state index is 13.4. The molecular formula is C32H42ClN3O3S. The van der Waals surface area contributed by atoms with Crippen LogP contribution in [0.15, 0.2) is 47.4 Å². The summed E-state index contributed by atoms with van der Waals surface area (Å²) in [7, 11) is 0. The van der Waals surface area contributed by atoms with Crippen LogP contribution >= 0.6 is 23.4 Å². The molecule has 0 aliphatic rings. The van der Waals surface area contributed by atoms with Gasteiger partial charge in [0.15, 0.2) is 0 Å². The zero-order valence-corrected chi connectivity index (χ0v) is 26.7. The Morgan fingerprint density at radius 3 is 2.27 bits per heavy atom. The molecule has 0 aliphatic heterocycles. The van der Waals surface area contributed by atoms with Crippen molar-refractivity contribution in [3.8, 4) is 11.4 Å². The number of halogens is 1. The van der Waals surface area contributed by atoms with E-state index in [0.29, 0.717) is 22.3 Å². The van der Waals surface area contributed by atoms with Gasteiger partial charge in [-0.15, -0.1) is 11.8 Å². The predicted octanol–water partition coefficient (Wildman–Crippen LogP) is 8.72. The summed E-state index contributed by atoms with van der Waals surface area (Å²) in [4.78, 5) is 31.9. The van der Waals surface area contributed by atoms with Crippen molar-refractivity contribution in [1.29, 1.82) is 0 Å². The molecule has 3 rings (SSSR count). The quantitative estimate of drug-likeness (QED) is 0.191. The van der Waals surface area contributed by atoms with Crippen molar-refractivity contribution >= 4 is 40.9 Å². The molecule has 6 nitrogen and oxygen atoms in total. The van der Waals surface area contributed by atoms with Crippen LogP contribution in [-0.2, 0) is 16.1 Å². The molecule has 2 aromatic carbocycles. The van der Waals surface area contributed by atoms with Crippen molar-refractivity contribution in [3.63, 3.8) is 0 Å². The number of ether oxygens (including phenoxy) is 1. The Kier molecular flexibility index (Phi) is 10.2. The van der Waals surface area contributed by atoms with Gasteiger partial charge in [0.25, 0.3) is 5.91 Å². The summed E-state index contributed by atoms with van der Waals surface area (Å²) < 4.78 is 7.01. The number of rotatable bonds is 10. The smallest absolute Gasteiger partial charge is 0.322 e. The number of benzene rings is 2. The second kappa shape index (κ2) is 12.8. The Morgan fingerprint density at radius 2 is 1.70 bits per heavy atom. The van der Waals surface area contributed by atoms with Gasteiger partial charge < -0.3 is 14.6 Å². The van der Waals surface area contributed by atoms with Crippen molar-refractivity contribution in [2.45, 2.75) is 96.9 Å². The van der Waals surface area contributed by atoms with E-state index in [1.807, 2.05) is 78.8 Å². The molecule has 0 fully saturated rings. The standard InChI is InChI=1S/C32H42ClN3O3S/c1-20(2)11-10-18-36-22(4)27(29(37)34-26-17-14-24(33)19-21(26)3)35-28(36)23-12-15-25(16-13-23)40-32(8,9)30(38)39-31(5,6)7/h12-17,19-20H,10-11,18H2,1-9H3,(H,34,37). The van der Waals surface area contributed by atoms with E-state index in [4.69, 9.17) is 21.3 Å². The second-order valence-electron chi connectivity index (χ2n) is 12.1. The topological polar surface area (TPSA) is 73.2 Å². The third-order valence-electron chi connectivity index (χ3n) is 6.41. The van der Waals surface area contributed by atoms with Gasteiger partial charge in [-0.25, -0.2) is 4.98 Å². The fourth-order valence-electron chi connectivity index (χ4n) is 4.26. The number of carbonyl (C=O) groups is 2. The molecule has 0 bridgehead atoms. The lowest BCUT2D eigenvalue weighted by molar-refractivity contribution is -0.156. The third kappa shape index (κ3) is 8.37. The summed E-state index contributed by atoms with van der Waals surface area (Å²) in [5.41, 5.74) is 3.19. The number of aromatic nitrogens is 2. The molecule has 0 saturated carbocycles. The first-order valence-electron chi connectivity index (χ1n) is 13.7. The van der Waals surface area contributed by atoms with Crippen molar-refractivity contribution in [1.82, 2.24) is 9.55 Å². The summed E-state index contributed by atoms with van der Waals surface area (Å²) in [5.74, 6) is 0.838. The summed E-state index contributed by atoms with van der Waals surface area (Å²) >= 11 is 7.55.